The van der Waals surface area contributed by atoms with Crippen molar-refractivity contribution in [1.82, 2.24) is 15.3 Å². The van der Waals surface area contributed by atoms with Crippen LogP contribution in [0.5, 0.6) is 0 Å². The summed E-state index contributed by atoms with van der Waals surface area (Å²) >= 11 is 19.2. The number of unbranched alkanes of at least 4 members (excludes halogenated alkanes) is 2. The van der Waals surface area contributed by atoms with E-state index in [1.807, 2.05) is 24.3 Å². The van der Waals surface area contributed by atoms with Crippen LogP contribution in [-0.2, 0) is 4.79 Å². The number of thioether (sulfide) groups is 1. The number of nitrogens with one attached hydrogen (secondary N) is 2. The third-order valence-corrected chi connectivity index (χ3v) is 5.36. The zero-order valence-electron chi connectivity index (χ0n) is 12.6. The molecule has 0 spiro atoms. The van der Waals surface area contributed by atoms with Gasteiger partial charge in [0.1, 0.15) is 5.37 Å². The van der Waals surface area contributed by atoms with Crippen molar-refractivity contribution >= 4 is 63.5 Å². The third-order valence-electron chi connectivity index (χ3n) is 3.19. The first-order valence-electron chi connectivity index (χ1n) is 7.37. The molecule has 23 heavy (non-hydrogen) atoms. The molecule has 1 aromatic heterocycles. The molecule has 0 saturated heterocycles. The van der Waals surface area contributed by atoms with Crippen LogP contribution in [0.1, 0.15) is 32.6 Å². The van der Waals surface area contributed by atoms with Gasteiger partial charge >= 0.3 is 0 Å². The van der Waals surface area contributed by atoms with E-state index in [1.165, 1.54) is 11.8 Å². The van der Waals surface area contributed by atoms with Crippen molar-refractivity contribution in [3.05, 3.63) is 24.3 Å². The molecule has 0 bridgehead atoms. The Kier molecular flexibility index (Phi) is 6.89. The zero-order valence-corrected chi connectivity index (χ0v) is 15.7. The summed E-state index contributed by atoms with van der Waals surface area (Å²) in [5.74, 6) is -0.126. The Morgan fingerprint density at radius 3 is 2.74 bits per heavy atom. The maximum absolute atomic E-state index is 12.0. The molecule has 1 heterocycles. The standard InChI is InChI=1S/C15H18Cl3N3OS/c1-2-3-4-9-12(22)21-13(15(16,17)18)23-14-19-10-7-5-6-8-11(10)20-14/h5-8,13H,2-4,9H2,1H3,(H,19,20)(H,21,22). The molecule has 1 amide bonds. The van der Waals surface area contributed by atoms with E-state index in [-0.39, 0.29) is 5.91 Å². The fourth-order valence-corrected chi connectivity index (χ4v) is 3.46. The number of amides is 1. The van der Waals surface area contributed by atoms with Crippen LogP contribution in [0.3, 0.4) is 0 Å². The van der Waals surface area contributed by atoms with Gasteiger partial charge in [0.05, 0.1) is 11.0 Å². The van der Waals surface area contributed by atoms with Gasteiger partial charge in [-0.15, -0.1) is 0 Å². The Morgan fingerprint density at radius 1 is 1.35 bits per heavy atom. The van der Waals surface area contributed by atoms with Crippen LogP contribution in [0.25, 0.3) is 11.0 Å². The zero-order chi connectivity index (χ0) is 16.9. The Bertz CT molecular complexity index is 624. The molecule has 0 aliphatic rings. The molecule has 1 atom stereocenters. The fourth-order valence-electron chi connectivity index (χ4n) is 2.03. The molecule has 0 fully saturated rings. The number of fused-ring (bicyclic) bond motifs is 1. The van der Waals surface area contributed by atoms with Gasteiger partial charge in [0.25, 0.3) is 0 Å². The topological polar surface area (TPSA) is 57.8 Å². The lowest BCUT2D eigenvalue weighted by Crippen LogP contribution is -2.41. The van der Waals surface area contributed by atoms with Crippen molar-refractivity contribution in [3.63, 3.8) is 0 Å². The van der Waals surface area contributed by atoms with Gasteiger partial charge in [0.2, 0.25) is 9.70 Å². The Labute approximate surface area is 154 Å². The van der Waals surface area contributed by atoms with Gasteiger partial charge in [-0.1, -0.05) is 78.5 Å². The van der Waals surface area contributed by atoms with E-state index >= 15 is 0 Å². The number of H-pyrrole nitrogens is 1. The number of para-hydroxylation sites is 2. The number of carbonyl (C=O) groups is 1. The van der Waals surface area contributed by atoms with Crippen LogP contribution in [0.2, 0.25) is 0 Å². The van der Waals surface area contributed by atoms with Gasteiger partial charge in [-0.3, -0.25) is 4.79 Å². The van der Waals surface area contributed by atoms with Crippen molar-refractivity contribution < 1.29 is 4.79 Å². The van der Waals surface area contributed by atoms with Crippen molar-refractivity contribution in [1.29, 1.82) is 0 Å². The maximum atomic E-state index is 12.0. The van der Waals surface area contributed by atoms with Crippen LogP contribution < -0.4 is 5.32 Å². The Balaban J connectivity index is 2.05. The highest BCUT2D eigenvalue weighted by molar-refractivity contribution is 8.00. The largest absolute Gasteiger partial charge is 0.340 e. The van der Waals surface area contributed by atoms with Crippen molar-refractivity contribution in [3.8, 4) is 0 Å². The highest BCUT2D eigenvalue weighted by Gasteiger charge is 2.35. The average Bonchev–Trinajstić information content (AvgIpc) is 2.88. The summed E-state index contributed by atoms with van der Waals surface area (Å²) in [6, 6.07) is 7.63. The summed E-state index contributed by atoms with van der Waals surface area (Å²) in [5.41, 5.74) is 1.72. The molecule has 2 N–H and O–H groups in total. The molecule has 0 saturated carbocycles. The second-order valence-electron chi connectivity index (χ2n) is 5.12. The predicted octanol–water partition coefficient (Wildman–Crippen LogP) is 5.05. The van der Waals surface area contributed by atoms with Gasteiger partial charge < -0.3 is 10.3 Å². The van der Waals surface area contributed by atoms with Crippen LogP contribution in [0.4, 0.5) is 0 Å². The lowest BCUT2D eigenvalue weighted by Gasteiger charge is -2.24. The second-order valence-corrected chi connectivity index (χ2v) is 8.59. The summed E-state index contributed by atoms with van der Waals surface area (Å²) < 4.78 is -1.63. The molecule has 126 valence electrons. The van der Waals surface area contributed by atoms with Crippen molar-refractivity contribution in [2.45, 2.75) is 46.9 Å². The van der Waals surface area contributed by atoms with Gasteiger partial charge in [0.15, 0.2) is 5.16 Å². The van der Waals surface area contributed by atoms with E-state index in [1.54, 1.807) is 0 Å². The molecule has 8 heteroatoms. The summed E-state index contributed by atoms with van der Waals surface area (Å²) in [6.07, 6.45) is 3.30. The first-order valence-corrected chi connectivity index (χ1v) is 9.39. The monoisotopic (exact) mass is 393 g/mol. The number of imidazole rings is 1. The van der Waals surface area contributed by atoms with E-state index in [2.05, 4.69) is 22.2 Å². The van der Waals surface area contributed by atoms with Crippen molar-refractivity contribution in [2.24, 2.45) is 0 Å². The number of aromatic nitrogens is 2. The Hall–Kier alpha value is -0.620. The normalized spacial score (nSPS) is 13.2. The number of rotatable bonds is 7. The smallest absolute Gasteiger partial charge is 0.221 e. The number of hydrogen-bond acceptors (Lipinski definition) is 3. The molecule has 2 rings (SSSR count). The summed E-state index contributed by atoms with van der Waals surface area (Å²) in [6.45, 7) is 2.08. The minimum Gasteiger partial charge on any atom is -0.340 e. The minimum absolute atomic E-state index is 0.126. The van der Waals surface area contributed by atoms with E-state index in [0.29, 0.717) is 11.6 Å². The summed E-state index contributed by atoms with van der Waals surface area (Å²) in [5, 5.41) is 2.65. The molecule has 0 aliphatic heterocycles. The number of carbonyl (C=O) groups excluding carboxylic acids is 1. The molecule has 1 aromatic carbocycles. The van der Waals surface area contributed by atoms with Crippen LogP contribution in [-0.4, -0.2) is 25.0 Å². The highest BCUT2D eigenvalue weighted by atomic mass is 35.6. The van der Waals surface area contributed by atoms with Gasteiger partial charge in [0, 0.05) is 6.42 Å². The fraction of sp³-hybridized carbons (Fsp3) is 0.467. The molecule has 0 aliphatic carbocycles. The number of aromatic amines is 1. The van der Waals surface area contributed by atoms with Crippen LogP contribution in [0, 0.1) is 0 Å². The molecular weight excluding hydrogens is 377 g/mol. The quantitative estimate of drug-likeness (QED) is 0.299. The van der Waals surface area contributed by atoms with Crippen LogP contribution >= 0.6 is 46.6 Å². The second kappa shape index (κ2) is 8.47. The third kappa shape index (κ3) is 5.75. The average molecular weight is 395 g/mol. The lowest BCUT2D eigenvalue weighted by molar-refractivity contribution is -0.121. The SMILES string of the molecule is CCCCCC(=O)NC(Sc1nc2ccccc2[nH]1)C(Cl)(Cl)Cl. The number of hydrogen-bond donors (Lipinski definition) is 2. The molecular formula is C15H18Cl3N3OS. The number of benzene rings is 1. The van der Waals surface area contributed by atoms with Crippen LogP contribution in [0.15, 0.2) is 29.4 Å². The molecule has 4 nitrogen and oxygen atoms in total. The van der Waals surface area contributed by atoms with E-state index in [0.717, 1.165) is 30.3 Å². The lowest BCUT2D eigenvalue weighted by atomic mass is 10.2. The first-order chi connectivity index (χ1) is 10.9. The van der Waals surface area contributed by atoms with Gasteiger partial charge in [-0.05, 0) is 18.6 Å². The maximum Gasteiger partial charge on any atom is 0.221 e. The van der Waals surface area contributed by atoms with E-state index in [4.69, 9.17) is 34.8 Å². The summed E-state index contributed by atoms with van der Waals surface area (Å²) in [7, 11) is 0. The highest BCUT2D eigenvalue weighted by Crippen LogP contribution is 2.38. The van der Waals surface area contributed by atoms with E-state index < -0.39 is 9.17 Å². The van der Waals surface area contributed by atoms with Gasteiger partial charge in [-0.25, -0.2) is 4.98 Å². The first kappa shape index (κ1) is 18.7. The van der Waals surface area contributed by atoms with Crippen molar-refractivity contribution in [2.75, 3.05) is 0 Å². The number of halogens is 3. The van der Waals surface area contributed by atoms with Gasteiger partial charge in [-0.2, -0.15) is 0 Å². The Morgan fingerprint density at radius 2 is 2.09 bits per heavy atom. The van der Waals surface area contributed by atoms with E-state index in [9.17, 15) is 4.79 Å². The summed E-state index contributed by atoms with van der Waals surface area (Å²) in [4.78, 5) is 19.6. The minimum atomic E-state index is -1.63. The molecule has 1 unspecified atom stereocenters. The number of alkyl halides is 3. The number of nitrogens with zero attached hydrogens (tertiary/aromatic N) is 1. The molecule has 0 radical (unpaired) electrons. The predicted molar refractivity (Wildman–Crippen MR) is 98.3 cm³/mol. The molecule has 2 aromatic rings.